The first-order chi connectivity index (χ1) is 26.9. The summed E-state index contributed by atoms with van der Waals surface area (Å²) in [4.78, 5) is 108. The van der Waals surface area contributed by atoms with Crippen molar-refractivity contribution < 1.29 is 58.8 Å². The van der Waals surface area contributed by atoms with Gasteiger partial charge in [-0.2, -0.15) is 0 Å². The number of carbonyl (C=O) groups is 8. The molecule has 1 fully saturated rings. The van der Waals surface area contributed by atoms with Crippen LogP contribution in [0, 0.1) is 5.92 Å². The molecule has 0 aliphatic carbocycles. The van der Waals surface area contributed by atoms with E-state index in [1.54, 1.807) is 13.8 Å². The van der Waals surface area contributed by atoms with E-state index in [9.17, 15) is 53.7 Å². The van der Waals surface area contributed by atoms with Crippen molar-refractivity contribution >= 4 is 53.3 Å². The number of nitrogens with two attached hydrogens (primary N) is 3. The number of aliphatic hydroxyl groups is 1. The highest BCUT2D eigenvalue weighted by molar-refractivity contribution is 5.98. The summed E-state index contributed by atoms with van der Waals surface area (Å²) in [6, 6.07) is -2.78. The van der Waals surface area contributed by atoms with Gasteiger partial charge in [-0.25, -0.2) is 0 Å². The highest BCUT2D eigenvalue weighted by Gasteiger charge is 2.39. The Bertz CT molecular complexity index is 1620. The fraction of sp³-hybridized carbons (Fsp3) is 0.571. The van der Waals surface area contributed by atoms with Gasteiger partial charge in [0.05, 0.1) is 19.1 Å². The van der Waals surface area contributed by atoms with Crippen LogP contribution in [0.3, 0.4) is 0 Å². The zero-order valence-electron chi connectivity index (χ0n) is 31.8. The molecule has 22 nitrogen and oxygen atoms in total. The number of benzene rings is 1. The molecular formula is C35H54N10O12. The quantitative estimate of drug-likeness (QED) is 0.0285. The fourth-order valence-electron chi connectivity index (χ4n) is 5.85. The number of nitrogens with zero attached hydrogens (tertiary/aromatic N) is 2. The van der Waals surface area contributed by atoms with Gasteiger partial charge in [-0.1, -0.05) is 32.4 Å². The number of carboxylic acid groups (broad SMARTS) is 2. The third-order valence-electron chi connectivity index (χ3n) is 9.17. The Balaban J connectivity index is 2.24. The van der Waals surface area contributed by atoms with Crippen LogP contribution in [0.1, 0.15) is 57.9 Å². The molecule has 0 aromatic heterocycles. The van der Waals surface area contributed by atoms with E-state index in [0.29, 0.717) is 24.8 Å². The molecule has 15 N–H and O–H groups in total. The lowest BCUT2D eigenvalue weighted by Crippen LogP contribution is -2.61. The minimum atomic E-state index is -1.79. The molecule has 1 aromatic carbocycles. The molecular weight excluding hydrogens is 752 g/mol. The molecule has 2 rings (SSSR count). The average molecular weight is 807 g/mol. The minimum Gasteiger partial charge on any atom is -0.508 e. The number of aliphatic carboxylic acids is 2. The first kappa shape index (κ1) is 47.1. The van der Waals surface area contributed by atoms with Crippen molar-refractivity contribution in [1.82, 2.24) is 31.5 Å². The molecule has 1 aromatic rings. The topological polar surface area (TPSA) is 371 Å². The van der Waals surface area contributed by atoms with Crippen LogP contribution < -0.4 is 43.8 Å². The Morgan fingerprint density at radius 2 is 1.49 bits per heavy atom. The Labute approximate surface area is 328 Å². The summed E-state index contributed by atoms with van der Waals surface area (Å²) in [6.45, 7) is 2.01. The number of hydrogen-bond donors (Lipinski definition) is 12. The second kappa shape index (κ2) is 23.1. The number of hydrogen-bond acceptors (Lipinski definition) is 12. The number of guanidine groups is 1. The molecule has 6 amide bonds. The predicted octanol–water partition coefficient (Wildman–Crippen LogP) is -4.04. The van der Waals surface area contributed by atoms with Crippen LogP contribution in [-0.4, -0.2) is 141 Å². The molecule has 1 aliphatic rings. The molecule has 1 heterocycles. The number of carbonyl (C=O) groups excluding carboxylic acids is 6. The van der Waals surface area contributed by atoms with Gasteiger partial charge in [0.2, 0.25) is 35.4 Å². The maximum Gasteiger partial charge on any atom is 0.322 e. The Morgan fingerprint density at radius 3 is 2.07 bits per heavy atom. The summed E-state index contributed by atoms with van der Waals surface area (Å²) in [5.41, 5.74) is 17.1. The number of phenols is 1. The van der Waals surface area contributed by atoms with Crippen molar-refractivity contribution in [3.8, 4) is 5.75 Å². The smallest absolute Gasteiger partial charge is 0.322 e. The van der Waals surface area contributed by atoms with E-state index < -0.39 is 109 Å². The first-order valence-electron chi connectivity index (χ1n) is 18.3. The number of carboxylic acids is 2. The largest absolute Gasteiger partial charge is 0.508 e. The molecule has 22 heteroatoms. The molecule has 7 atom stereocenters. The minimum absolute atomic E-state index is 0.0893. The number of aliphatic imine (C=N–C) groups is 1. The summed E-state index contributed by atoms with van der Waals surface area (Å²) >= 11 is 0. The summed E-state index contributed by atoms with van der Waals surface area (Å²) in [6.07, 6.45) is 0.395. The van der Waals surface area contributed by atoms with Gasteiger partial charge < -0.3 is 69.1 Å². The van der Waals surface area contributed by atoms with Gasteiger partial charge in [0.25, 0.3) is 0 Å². The number of aromatic hydroxyl groups is 1. The highest BCUT2D eigenvalue weighted by atomic mass is 16.4. The number of phenolic OH excluding ortho intramolecular Hbond substituents is 1. The molecule has 57 heavy (non-hydrogen) atoms. The maximum absolute atomic E-state index is 13.7. The van der Waals surface area contributed by atoms with Gasteiger partial charge in [-0.05, 0) is 49.3 Å². The highest BCUT2D eigenvalue weighted by Crippen LogP contribution is 2.20. The molecule has 0 saturated carbocycles. The molecule has 0 unspecified atom stereocenters. The lowest BCUT2D eigenvalue weighted by molar-refractivity contribution is -0.143. The maximum atomic E-state index is 13.7. The number of amides is 6. The van der Waals surface area contributed by atoms with E-state index in [1.807, 2.05) is 0 Å². The van der Waals surface area contributed by atoms with Gasteiger partial charge in [-0.3, -0.25) is 43.3 Å². The number of rotatable bonds is 23. The summed E-state index contributed by atoms with van der Waals surface area (Å²) < 4.78 is 0. The monoisotopic (exact) mass is 806 g/mol. The molecule has 316 valence electrons. The van der Waals surface area contributed by atoms with Gasteiger partial charge >= 0.3 is 11.9 Å². The van der Waals surface area contributed by atoms with Gasteiger partial charge in [0.1, 0.15) is 42.5 Å². The predicted molar refractivity (Wildman–Crippen MR) is 202 cm³/mol. The zero-order chi connectivity index (χ0) is 42.8. The molecule has 0 radical (unpaired) electrons. The van der Waals surface area contributed by atoms with Crippen LogP contribution in [0.2, 0.25) is 0 Å². The summed E-state index contributed by atoms with van der Waals surface area (Å²) in [5.74, 6) is -8.91. The zero-order valence-corrected chi connectivity index (χ0v) is 31.8. The van der Waals surface area contributed by atoms with Crippen molar-refractivity contribution in [3.63, 3.8) is 0 Å². The van der Waals surface area contributed by atoms with Crippen molar-refractivity contribution in [1.29, 1.82) is 0 Å². The van der Waals surface area contributed by atoms with Crippen molar-refractivity contribution in [2.45, 2.75) is 95.0 Å². The van der Waals surface area contributed by atoms with Gasteiger partial charge in [-0.15, -0.1) is 0 Å². The summed E-state index contributed by atoms with van der Waals surface area (Å²) in [7, 11) is 0. The van der Waals surface area contributed by atoms with Crippen LogP contribution in [0.15, 0.2) is 29.3 Å². The molecule has 0 spiro atoms. The van der Waals surface area contributed by atoms with Crippen LogP contribution in [0.5, 0.6) is 5.75 Å². The van der Waals surface area contributed by atoms with Crippen LogP contribution in [0.25, 0.3) is 0 Å². The van der Waals surface area contributed by atoms with E-state index in [4.69, 9.17) is 22.3 Å². The van der Waals surface area contributed by atoms with Crippen molar-refractivity contribution in [2.24, 2.45) is 28.1 Å². The number of aliphatic hydroxyl groups excluding tert-OH is 1. The van der Waals surface area contributed by atoms with E-state index in [-0.39, 0.29) is 44.1 Å². The van der Waals surface area contributed by atoms with Crippen LogP contribution in [-0.2, 0) is 44.8 Å². The number of nitrogens with one attached hydrogen (secondary N) is 5. The third kappa shape index (κ3) is 15.6. The number of likely N-dealkylation sites (tertiary alicyclic amines) is 1. The Morgan fingerprint density at radius 1 is 0.877 bits per heavy atom. The lowest BCUT2D eigenvalue weighted by atomic mass is 9.97. The van der Waals surface area contributed by atoms with Gasteiger partial charge in [0, 0.05) is 19.5 Å². The Kier molecular flexibility index (Phi) is 19.1. The van der Waals surface area contributed by atoms with E-state index >= 15 is 0 Å². The second-order valence-corrected chi connectivity index (χ2v) is 13.6. The van der Waals surface area contributed by atoms with E-state index in [1.165, 1.54) is 29.2 Å². The lowest BCUT2D eigenvalue weighted by Gasteiger charge is -2.29. The molecule has 1 aliphatic heterocycles. The van der Waals surface area contributed by atoms with Gasteiger partial charge in [0.15, 0.2) is 5.96 Å². The third-order valence-corrected chi connectivity index (χ3v) is 9.17. The Hall–Kier alpha value is -6.03. The standard InChI is InChI=1S/C35H54N10O12/c1-3-18(2)28(33(56)40-16-27(50)51)44-30(53)22(14-19-8-10-20(47)11-9-19)41-31(54)24(17-46)43-29(52)23(15-26(48)49)42-32(55)25-7-5-13-45(25)34(57)21(36)6-4-12-39-35(37)38/h8-11,18,21-25,28,46-47H,3-7,12-17,36H2,1-2H3,(H,40,56)(H,41,54)(H,42,55)(H,43,52)(H,44,53)(H,48,49)(H,50,51)(H4,37,38,39)/t18-,21-,22-,23-,24-,25-,28-/m0/s1. The summed E-state index contributed by atoms with van der Waals surface area (Å²) in [5, 5.41) is 50.1. The molecule has 1 saturated heterocycles. The van der Waals surface area contributed by atoms with Crippen LogP contribution >= 0.6 is 0 Å². The normalized spacial score (nSPS) is 16.7. The average Bonchev–Trinajstić information content (AvgIpc) is 3.66. The van der Waals surface area contributed by atoms with E-state index in [0.717, 1.165) is 0 Å². The SMILES string of the molecule is CC[C@H](C)[C@H](NC(=O)[C@H](Cc1ccc(O)cc1)NC(=O)[C@H](CO)NC(=O)[C@H](CC(=O)O)NC(=O)[C@@H]1CCCN1C(=O)[C@@H](N)CCCN=C(N)N)C(=O)NCC(=O)O. The van der Waals surface area contributed by atoms with Crippen LogP contribution in [0.4, 0.5) is 0 Å². The molecule has 0 bridgehead atoms. The van der Waals surface area contributed by atoms with Crippen molar-refractivity contribution in [3.05, 3.63) is 29.8 Å². The second-order valence-electron chi connectivity index (χ2n) is 13.6. The van der Waals surface area contributed by atoms with E-state index in [2.05, 4.69) is 31.6 Å². The first-order valence-corrected chi connectivity index (χ1v) is 18.3. The fourth-order valence-corrected chi connectivity index (χ4v) is 5.85. The van der Waals surface area contributed by atoms with Crippen molar-refractivity contribution in [2.75, 3.05) is 26.2 Å².